The van der Waals surface area contributed by atoms with Crippen molar-refractivity contribution in [2.45, 2.75) is 17.4 Å². The van der Waals surface area contributed by atoms with Crippen molar-refractivity contribution in [1.29, 1.82) is 0 Å². The summed E-state index contributed by atoms with van der Waals surface area (Å²) in [6.45, 7) is 0.510. The van der Waals surface area contributed by atoms with Crippen LogP contribution in [0.25, 0.3) is 0 Å². The first-order valence-electron chi connectivity index (χ1n) is 7.36. The summed E-state index contributed by atoms with van der Waals surface area (Å²) in [7, 11) is -2.56. The lowest BCUT2D eigenvalue weighted by atomic mass is 10.3. The van der Waals surface area contributed by atoms with E-state index in [1.807, 2.05) is 0 Å². The second-order valence-corrected chi connectivity index (χ2v) is 8.96. The number of carbonyl (C=O) groups excluding carboxylic acids is 1. The van der Waals surface area contributed by atoms with E-state index in [-0.39, 0.29) is 22.4 Å². The molecule has 1 fully saturated rings. The first kappa shape index (κ1) is 18.3. The predicted octanol–water partition coefficient (Wildman–Crippen LogP) is 2.53. The van der Waals surface area contributed by atoms with Crippen molar-refractivity contribution < 1.29 is 22.7 Å². The Morgan fingerprint density at radius 1 is 1.44 bits per heavy atom. The van der Waals surface area contributed by atoms with Gasteiger partial charge in [-0.25, -0.2) is 18.2 Å². The molecule has 0 saturated carbocycles. The monoisotopic (exact) mass is 446 g/mol. The van der Waals surface area contributed by atoms with Crippen LogP contribution in [0.3, 0.4) is 0 Å². The molecule has 2 aromatic heterocycles. The molecule has 1 unspecified atom stereocenters. The molecule has 7 nitrogen and oxygen atoms in total. The van der Waals surface area contributed by atoms with Gasteiger partial charge >= 0.3 is 5.97 Å². The van der Waals surface area contributed by atoms with Gasteiger partial charge in [0.1, 0.15) is 15.9 Å². The predicted molar refractivity (Wildman–Crippen MR) is 95.4 cm³/mol. The molecule has 10 heteroatoms. The van der Waals surface area contributed by atoms with Gasteiger partial charge in [0.2, 0.25) is 15.9 Å². The minimum atomic E-state index is -3.79. The number of thiophene rings is 1. The van der Waals surface area contributed by atoms with Gasteiger partial charge in [0.15, 0.2) is 0 Å². The molecule has 1 aliphatic rings. The average Bonchev–Trinajstić information content (AvgIpc) is 3.26. The number of rotatable bonds is 5. The molecule has 1 saturated heterocycles. The summed E-state index contributed by atoms with van der Waals surface area (Å²) in [4.78, 5) is 16.0. The van der Waals surface area contributed by atoms with Gasteiger partial charge in [0, 0.05) is 12.7 Å². The normalized spacial score (nSPS) is 18.2. The van der Waals surface area contributed by atoms with Crippen molar-refractivity contribution in [2.24, 2.45) is 0 Å². The van der Waals surface area contributed by atoms with Crippen LogP contribution in [0, 0.1) is 0 Å². The molecular formula is C15H15BrN2O5S2. The fraction of sp³-hybridized carbons (Fsp3) is 0.333. The van der Waals surface area contributed by atoms with E-state index in [0.717, 1.165) is 11.3 Å². The van der Waals surface area contributed by atoms with Gasteiger partial charge in [-0.3, -0.25) is 0 Å². The van der Waals surface area contributed by atoms with E-state index in [1.54, 1.807) is 23.7 Å². The van der Waals surface area contributed by atoms with Crippen LogP contribution < -0.4 is 4.74 Å². The smallest absolute Gasteiger partial charge is 0.349 e. The van der Waals surface area contributed by atoms with Gasteiger partial charge in [-0.2, -0.15) is 4.31 Å². The van der Waals surface area contributed by atoms with E-state index in [2.05, 4.69) is 25.7 Å². The molecule has 0 aliphatic carbocycles. The fourth-order valence-corrected chi connectivity index (χ4v) is 5.65. The van der Waals surface area contributed by atoms with E-state index in [0.29, 0.717) is 23.3 Å². The number of methoxy groups -OCH3 is 1. The van der Waals surface area contributed by atoms with Crippen molar-refractivity contribution in [2.75, 3.05) is 20.2 Å². The Kier molecular flexibility index (Phi) is 5.42. The van der Waals surface area contributed by atoms with Gasteiger partial charge in [-0.15, -0.1) is 11.3 Å². The highest BCUT2D eigenvalue weighted by Gasteiger charge is 2.36. The minimum Gasteiger partial charge on any atom is -0.472 e. The molecule has 3 heterocycles. The van der Waals surface area contributed by atoms with E-state index < -0.39 is 16.0 Å². The largest absolute Gasteiger partial charge is 0.472 e. The second-order valence-electron chi connectivity index (χ2n) is 5.29. The summed E-state index contributed by atoms with van der Waals surface area (Å²) in [5.74, 6) is -0.226. The van der Waals surface area contributed by atoms with Gasteiger partial charge in [-0.05, 0) is 45.9 Å². The molecule has 0 amide bonds. The Labute approximate surface area is 157 Å². The van der Waals surface area contributed by atoms with Crippen molar-refractivity contribution in [3.63, 3.8) is 0 Å². The van der Waals surface area contributed by atoms with Crippen molar-refractivity contribution in [3.8, 4) is 5.88 Å². The standard InChI is InChI=1S/C15H15BrN2O5S2/c1-22-15(19)13-12(5-8-24-13)25(20,21)18-7-4-10(9-18)23-14-11(16)3-2-6-17-14/h2-3,5-6,8,10H,4,7,9H2,1H3. The third-order valence-electron chi connectivity index (χ3n) is 3.73. The number of ether oxygens (including phenoxy) is 2. The van der Waals surface area contributed by atoms with E-state index in [9.17, 15) is 13.2 Å². The highest BCUT2D eigenvalue weighted by Crippen LogP contribution is 2.30. The third-order valence-corrected chi connectivity index (χ3v) is 7.26. The Bertz CT molecular complexity index is 884. The lowest BCUT2D eigenvalue weighted by Gasteiger charge is -2.17. The summed E-state index contributed by atoms with van der Waals surface area (Å²) >= 11 is 4.40. The highest BCUT2D eigenvalue weighted by atomic mass is 79.9. The molecule has 2 aromatic rings. The van der Waals surface area contributed by atoms with Gasteiger partial charge in [0.25, 0.3) is 0 Å². The molecule has 134 valence electrons. The summed E-state index contributed by atoms with van der Waals surface area (Å²) < 4.78 is 38.2. The van der Waals surface area contributed by atoms with E-state index in [1.165, 1.54) is 17.5 Å². The van der Waals surface area contributed by atoms with Crippen LogP contribution >= 0.6 is 27.3 Å². The number of sulfonamides is 1. The molecule has 3 rings (SSSR count). The number of esters is 1. The van der Waals surface area contributed by atoms with Crippen LogP contribution in [-0.2, 0) is 14.8 Å². The summed E-state index contributed by atoms with van der Waals surface area (Å²) in [5, 5.41) is 1.56. The van der Waals surface area contributed by atoms with Crippen LogP contribution in [0.5, 0.6) is 5.88 Å². The molecule has 0 N–H and O–H groups in total. The quantitative estimate of drug-likeness (QED) is 0.655. The number of aromatic nitrogens is 1. The summed E-state index contributed by atoms with van der Waals surface area (Å²) in [6.07, 6.45) is 1.85. The minimum absolute atomic E-state index is 0.0241. The Morgan fingerprint density at radius 2 is 2.24 bits per heavy atom. The molecule has 0 bridgehead atoms. The Balaban J connectivity index is 1.76. The van der Waals surface area contributed by atoms with E-state index in [4.69, 9.17) is 4.74 Å². The Morgan fingerprint density at radius 3 is 2.96 bits per heavy atom. The van der Waals surface area contributed by atoms with Crippen LogP contribution in [0.1, 0.15) is 16.1 Å². The van der Waals surface area contributed by atoms with E-state index >= 15 is 0 Å². The molecule has 1 atom stereocenters. The topological polar surface area (TPSA) is 85.8 Å². The first-order chi connectivity index (χ1) is 11.9. The van der Waals surface area contributed by atoms with Crippen molar-refractivity contribution in [1.82, 2.24) is 9.29 Å². The van der Waals surface area contributed by atoms with Gasteiger partial charge < -0.3 is 9.47 Å². The molecular weight excluding hydrogens is 432 g/mol. The third kappa shape index (κ3) is 3.71. The SMILES string of the molecule is COC(=O)c1sccc1S(=O)(=O)N1CCC(Oc2ncccc2Br)C1. The maximum absolute atomic E-state index is 12.8. The molecule has 1 aliphatic heterocycles. The number of carbonyl (C=O) groups is 1. The molecule has 0 spiro atoms. The van der Waals surface area contributed by atoms with Gasteiger partial charge in [0.05, 0.1) is 18.1 Å². The average molecular weight is 447 g/mol. The number of halogens is 1. The first-order valence-corrected chi connectivity index (χ1v) is 10.5. The molecule has 0 aromatic carbocycles. The summed E-state index contributed by atoms with van der Waals surface area (Å²) in [6, 6.07) is 5.00. The zero-order valence-electron chi connectivity index (χ0n) is 13.2. The van der Waals surface area contributed by atoms with Gasteiger partial charge in [-0.1, -0.05) is 0 Å². The number of hydrogen-bond donors (Lipinski definition) is 0. The maximum Gasteiger partial charge on any atom is 0.349 e. The van der Waals surface area contributed by atoms with Crippen LogP contribution in [0.4, 0.5) is 0 Å². The fourth-order valence-electron chi connectivity index (χ4n) is 2.51. The number of pyridine rings is 1. The van der Waals surface area contributed by atoms with Crippen molar-refractivity contribution in [3.05, 3.63) is 39.1 Å². The number of nitrogens with zero attached hydrogens (tertiary/aromatic N) is 2. The highest BCUT2D eigenvalue weighted by molar-refractivity contribution is 9.10. The number of hydrogen-bond acceptors (Lipinski definition) is 7. The molecule has 0 radical (unpaired) electrons. The van der Waals surface area contributed by atoms with Crippen LogP contribution in [0.15, 0.2) is 39.1 Å². The Hall–Kier alpha value is -1.49. The lowest BCUT2D eigenvalue weighted by Crippen LogP contribution is -2.31. The van der Waals surface area contributed by atoms with Crippen LogP contribution in [-0.4, -0.2) is 50.0 Å². The van der Waals surface area contributed by atoms with Crippen LogP contribution in [0.2, 0.25) is 0 Å². The summed E-state index contributed by atoms with van der Waals surface area (Å²) in [5.41, 5.74) is 0. The lowest BCUT2D eigenvalue weighted by molar-refractivity contribution is 0.0602. The second kappa shape index (κ2) is 7.40. The molecule has 25 heavy (non-hydrogen) atoms. The van der Waals surface area contributed by atoms with Crippen molar-refractivity contribution >= 4 is 43.3 Å². The zero-order chi connectivity index (χ0) is 18.0. The zero-order valence-corrected chi connectivity index (χ0v) is 16.4. The maximum atomic E-state index is 12.8.